The fourth-order valence-electron chi connectivity index (χ4n) is 2.57. The van der Waals surface area contributed by atoms with E-state index in [0.29, 0.717) is 11.8 Å². The summed E-state index contributed by atoms with van der Waals surface area (Å²) in [5, 5.41) is 4.32. The Morgan fingerprint density at radius 3 is 2.86 bits per heavy atom. The van der Waals surface area contributed by atoms with Crippen LogP contribution in [0.5, 0.6) is 0 Å². The zero-order chi connectivity index (χ0) is 15.1. The highest BCUT2D eigenvalue weighted by Crippen LogP contribution is 2.40. The number of allylic oxidation sites excluding steroid dienone is 2. The molecule has 1 heterocycles. The number of nitrogens with zero attached hydrogens (tertiary/aromatic N) is 1. The zero-order valence-electron chi connectivity index (χ0n) is 10.8. The van der Waals surface area contributed by atoms with Gasteiger partial charge in [0.2, 0.25) is 0 Å². The number of H-pyrrole nitrogens is 1. The normalized spacial score (nSPS) is 24.8. The van der Waals surface area contributed by atoms with Crippen molar-refractivity contribution in [2.45, 2.75) is 12.8 Å². The van der Waals surface area contributed by atoms with Gasteiger partial charge in [-0.05, 0) is 30.4 Å². The second kappa shape index (κ2) is 5.48. The number of carbonyl (C=O) groups is 1. The van der Waals surface area contributed by atoms with Crippen LogP contribution in [0, 0.1) is 11.8 Å². The molecule has 8 heteroatoms. The van der Waals surface area contributed by atoms with E-state index >= 15 is 0 Å². The second-order valence-electron chi connectivity index (χ2n) is 5.04. The maximum absolute atomic E-state index is 12.1. The Bertz CT molecular complexity index is 686. The van der Waals surface area contributed by atoms with Gasteiger partial charge in [-0.1, -0.05) is 35.4 Å². The Morgan fingerprint density at radius 2 is 2.14 bits per heavy atom. The van der Waals surface area contributed by atoms with E-state index in [1.54, 1.807) is 0 Å². The lowest BCUT2D eigenvalue weighted by Crippen LogP contribution is -2.36. The summed E-state index contributed by atoms with van der Waals surface area (Å²) in [7, 11) is 0. The summed E-state index contributed by atoms with van der Waals surface area (Å²) >= 11 is 17.7. The van der Waals surface area contributed by atoms with Gasteiger partial charge < -0.3 is 5.73 Å². The summed E-state index contributed by atoms with van der Waals surface area (Å²) in [6.07, 6.45) is 6.19. The van der Waals surface area contributed by atoms with Crippen LogP contribution >= 0.6 is 34.8 Å². The molecule has 0 unspecified atom stereocenters. The smallest absolute Gasteiger partial charge is 0.337 e. The van der Waals surface area contributed by atoms with Crippen LogP contribution in [0.15, 0.2) is 17.3 Å². The third-order valence-corrected chi connectivity index (χ3v) is 4.98. The maximum atomic E-state index is 12.1. The van der Waals surface area contributed by atoms with Crippen LogP contribution in [-0.4, -0.2) is 11.6 Å². The van der Waals surface area contributed by atoms with E-state index in [9.17, 15) is 4.79 Å². The summed E-state index contributed by atoms with van der Waals surface area (Å²) in [5.41, 5.74) is 9.25. The van der Waals surface area contributed by atoms with Crippen molar-refractivity contribution < 1.29 is 9.78 Å². The first-order chi connectivity index (χ1) is 9.99. The van der Waals surface area contributed by atoms with Crippen molar-refractivity contribution in [2.24, 2.45) is 16.9 Å². The number of aromatic amines is 1. The Morgan fingerprint density at radius 1 is 1.38 bits per heavy atom. The second-order valence-corrected chi connectivity index (χ2v) is 6.17. The van der Waals surface area contributed by atoms with Crippen LogP contribution in [0.1, 0.15) is 23.3 Å². The van der Waals surface area contributed by atoms with Crippen molar-refractivity contribution in [3.05, 3.63) is 33.0 Å². The van der Waals surface area contributed by atoms with Crippen molar-refractivity contribution in [1.82, 2.24) is 5.43 Å². The molecule has 110 valence electrons. The van der Waals surface area contributed by atoms with Gasteiger partial charge in [-0.25, -0.2) is 5.43 Å². The number of nitrogens with two attached hydrogens (primary N) is 1. The molecule has 5 nitrogen and oxygen atoms in total. The van der Waals surface area contributed by atoms with E-state index in [1.807, 2.05) is 0 Å². The molecular formula is C13H12Cl3N4O+. The first-order valence-corrected chi connectivity index (χ1v) is 7.51. The van der Waals surface area contributed by atoms with E-state index in [1.165, 1.54) is 0 Å². The largest absolute Gasteiger partial charge is 0.396 e. The number of hydrogen-bond donors (Lipinski definition) is 2. The minimum absolute atomic E-state index is 0.0242. The quantitative estimate of drug-likeness (QED) is 0.490. The molecule has 0 aliphatic heterocycles. The van der Waals surface area contributed by atoms with E-state index < -0.39 is 5.91 Å². The number of aromatic nitrogens is 1. The van der Waals surface area contributed by atoms with Crippen molar-refractivity contribution in [2.75, 3.05) is 5.73 Å². The van der Waals surface area contributed by atoms with Gasteiger partial charge in [-0.3, -0.25) is 4.79 Å². The lowest BCUT2D eigenvalue weighted by Gasteiger charge is -2.31. The molecule has 1 amide bonds. The Kier molecular flexibility index (Phi) is 3.82. The summed E-state index contributed by atoms with van der Waals surface area (Å²) in [6.45, 7) is 0. The average Bonchev–Trinajstić information content (AvgIpc) is 2.82. The molecule has 1 aromatic rings. The van der Waals surface area contributed by atoms with Crippen LogP contribution in [0.3, 0.4) is 0 Å². The van der Waals surface area contributed by atoms with Gasteiger partial charge in [0.25, 0.3) is 10.8 Å². The maximum Gasteiger partial charge on any atom is 0.337 e. The van der Waals surface area contributed by atoms with Gasteiger partial charge >= 0.3 is 5.91 Å². The minimum Gasteiger partial charge on any atom is -0.396 e. The highest BCUT2D eigenvalue weighted by atomic mass is 35.5. The van der Waals surface area contributed by atoms with E-state index in [-0.39, 0.29) is 26.6 Å². The number of hydrogen-bond acceptors (Lipinski definition) is 3. The number of hydrazone groups is 1. The van der Waals surface area contributed by atoms with Crippen molar-refractivity contribution in [3.63, 3.8) is 0 Å². The van der Waals surface area contributed by atoms with Gasteiger partial charge in [-0.15, -0.1) is 0 Å². The Balaban J connectivity index is 1.76. The van der Waals surface area contributed by atoms with Gasteiger partial charge in [-0.2, -0.15) is 10.1 Å². The number of carbonyl (C=O) groups excluding carboxylic acids is 1. The summed E-state index contributed by atoms with van der Waals surface area (Å²) in [4.78, 5) is 14.7. The van der Waals surface area contributed by atoms with Crippen molar-refractivity contribution in [3.8, 4) is 0 Å². The van der Waals surface area contributed by atoms with Crippen LogP contribution < -0.4 is 16.1 Å². The van der Waals surface area contributed by atoms with Gasteiger partial charge in [0, 0.05) is 11.6 Å². The lowest BCUT2D eigenvalue weighted by atomic mass is 9.74. The van der Waals surface area contributed by atoms with Crippen LogP contribution in [-0.2, 0) is 0 Å². The first kappa shape index (κ1) is 14.6. The number of amides is 1. The van der Waals surface area contributed by atoms with Crippen molar-refractivity contribution in [1.29, 1.82) is 0 Å². The molecule has 1 aromatic heterocycles. The number of fused-ring (bicyclic) bond motifs is 1. The van der Waals surface area contributed by atoms with Gasteiger partial charge in [0.15, 0.2) is 0 Å². The average molecular weight is 347 g/mol. The fraction of sp³-hybridized carbons (Fsp3) is 0.308. The SMILES string of the molecule is Nc1c(Cl)c(Cl)[nH+]c(C(=O)N/N=C2/C[C@H]3C=CC[C@@H]23)c1Cl. The Labute approximate surface area is 136 Å². The molecule has 0 radical (unpaired) electrons. The molecule has 2 aliphatic rings. The molecule has 0 saturated heterocycles. The number of nitrogens with one attached hydrogen (secondary N) is 2. The molecule has 0 aromatic carbocycles. The van der Waals surface area contributed by atoms with Crippen molar-refractivity contribution >= 4 is 52.1 Å². The van der Waals surface area contributed by atoms with E-state index in [0.717, 1.165) is 18.6 Å². The molecule has 2 aliphatic carbocycles. The van der Waals surface area contributed by atoms with Crippen LogP contribution in [0.4, 0.5) is 5.69 Å². The molecule has 21 heavy (non-hydrogen) atoms. The molecular weight excluding hydrogens is 335 g/mol. The summed E-state index contributed by atoms with van der Waals surface area (Å²) < 4.78 is 0. The monoisotopic (exact) mass is 345 g/mol. The molecule has 4 N–H and O–H groups in total. The first-order valence-electron chi connectivity index (χ1n) is 6.37. The Hall–Kier alpha value is -1.30. The molecule has 0 spiro atoms. The predicted molar refractivity (Wildman–Crippen MR) is 82.7 cm³/mol. The number of nitrogen functional groups attached to an aromatic ring is 1. The number of halogens is 3. The summed E-state index contributed by atoms with van der Waals surface area (Å²) in [5.74, 6) is 0.479. The minimum atomic E-state index is -0.507. The standard InChI is InChI=1S/C13H11Cl3N4O/c14-8-10(17)9(15)12(16)18-11(8)13(21)20-19-7-4-5-2-1-3-6(5)7/h1-2,5-6H,3-4H2,(H2,17,18)(H,20,21)/p+1/b19-7-/t5-,6-/m1/s1. The molecule has 1 saturated carbocycles. The van der Waals surface area contributed by atoms with Gasteiger partial charge in [0.1, 0.15) is 10.0 Å². The van der Waals surface area contributed by atoms with Gasteiger partial charge in [0.05, 0.1) is 5.69 Å². The lowest BCUT2D eigenvalue weighted by molar-refractivity contribution is -0.379. The highest BCUT2D eigenvalue weighted by molar-refractivity contribution is 6.45. The highest BCUT2D eigenvalue weighted by Gasteiger charge is 2.38. The predicted octanol–water partition coefficient (Wildman–Crippen LogP) is 2.72. The van der Waals surface area contributed by atoms with Crippen LogP contribution in [0.2, 0.25) is 15.2 Å². The third kappa shape index (κ3) is 2.50. The van der Waals surface area contributed by atoms with E-state index in [2.05, 4.69) is 27.7 Å². The third-order valence-electron chi connectivity index (χ3n) is 3.81. The number of anilines is 1. The van der Waals surface area contributed by atoms with Crippen LogP contribution in [0.25, 0.3) is 0 Å². The zero-order valence-corrected chi connectivity index (χ0v) is 13.1. The fourth-order valence-corrected chi connectivity index (χ4v) is 3.18. The number of rotatable bonds is 2. The molecule has 1 fully saturated rings. The van der Waals surface area contributed by atoms with E-state index in [4.69, 9.17) is 40.5 Å². The topological polar surface area (TPSA) is 81.6 Å². The summed E-state index contributed by atoms with van der Waals surface area (Å²) in [6, 6.07) is 0. The number of pyridine rings is 1. The molecule has 2 atom stereocenters. The molecule has 3 rings (SSSR count). The molecule has 0 bridgehead atoms.